The molecule has 0 saturated carbocycles. The van der Waals surface area contributed by atoms with Crippen molar-refractivity contribution in [1.82, 2.24) is 9.88 Å². The molecule has 3 rings (SSSR count). The van der Waals surface area contributed by atoms with E-state index in [9.17, 15) is 4.79 Å². The molecule has 0 spiro atoms. The van der Waals surface area contributed by atoms with E-state index >= 15 is 0 Å². The van der Waals surface area contributed by atoms with Crippen molar-refractivity contribution in [2.75, 3.05) is 20.2 Å². The normalized spacial score (nSPS) is 13.8. The third-order valence-corrected chi connectivity index (χ3v) is 3.62. The number of nitrogens with zero attached hydrogens (tertiary/aromatic N) is 3. The highest BCUT2D eigenvalue weighted by molar-refractivity contribution is 5.95. The number of aromatic nitrogens is 1. The second-order valence-electron chi connectivity index (χ2n) is 5.15. The third-order valence-electron chi connectivity index (χ3n) is 3.62. The van der Waals surface area contributed by atoms with Gasteiger partial charge >= 0.3 is 0 Å². The number of nitriles is 1. The summed E-state index contributed by atoms with van der Waals surface area (Å²) in [4.78, 5) is 18.1. The number of carbonyl (C=O) groups excluding carboxylic acids is 1. The van der Waals surface area contributed by atoms with Crippen molar-refractivity contribution in [3.63, 3.8) is 0 Å². The Morgan fingerprint density at radius 1 is 1.35 bits per heavy atom. The van der Waals surface area contributed by atoms with Crippen LogP contribution < -0.4 is 9.47 Å². The Bertz CT molecular complexity index is 764. The lowest BCUT2D eigenvalue weighted by molar-refractivity contribution is 0.0159. The smallest absolute Gasteiger partial charge is 0.254 e. The zero-order valence-corrected chi connectivity index (χ0v) is 12.6. The molecule has 2 heterocycles. The van der Waals surface area contributed by atoms with Crippen LogP contribution in [0.15, 0.2) is 42.6 Å². The van der Waals surface area contributed by atoms with Crippen LogP contribution in [0.5, 0.6) is 11.6 Å². The fourth-order valence-electron chi connectivity index (χ4n) is 2.34. The number of rotatable bonds is 4. The Morgan fingerprint density at radius 3 is 2.91 bits per heavy atom. The molecule has 1 saturated heterocycles. The lowest BCUT2D eigenvalue weighted by Crippen LogP contribution is -2.56. The van der Waals surface area contributed by atoms with Gasteiger partial charge in [0.25, 0.3) is 5.91 Å². The Morgan fingerprint density at radius 2 is 2.17 bits per heavy atom. The molecule has 116 valence electrons. The predicted octanol–water partition coefficient (Wildman–Crippen LogP) is 1.87. The van der Waals surface area contributed by atoms with Crippen molar-refractivity contribution < 1.29 is 14.3 Å². The van der Waals surface area contributed by atoms with Gasteiger partial charge in [-0.25, -0.2) is 4.98 Å². The van der Waals surface area contributed by atoms with Gasteiger partial charge in [0.1, 0.15) is 23.5 Å². The molecule has 1 aliphatic heterocycles. The van der Waals surface area contributed by atoms with Crippen molar-refractivity contribution in [3.05, 3.63) is 53.7 Å². The van der Waals surface area contributed by atoms with E-state index in [1.165, 1.54) is 0 Å². The minimum absolute atomic E-state index is 0.0646. The van der Waals surface area contributed by atoms with Gasteiger partial charge in [0.2, 0.25) is 5.88 Å². The quantitative estimate of drug-likeness (QED) is 0.861. The number of benzene rings is 1. The summed E-state index contributed by atoms with van der Waals surface area (Å²) < 4.78 is 10.8. The molecule has 1 amide bonds. The van der Waals surface area contributed by atoms with Crippen LogP contribution in [0.3, 0.4) is 0 Å². The summed E-state index contributed by atoms with van der Waals surface area (Å²) in [6, 6.07) is 12.4. The second kappa shape index (κ2) is 6.36. The number of likely N-dealkylation sites (tertiary alicyclic amines) is 1. The second-order valence-corrected chi connectivity index (χ2v) is 5.15. The van der Waals surface area contributed by atoms with Crippen LogP contribution in [0.1, 0.15) is 15.9 Å². The van der Waals surface area contributed by atoms with Crippen LogP contribution in [0.2, 0.25) is 0 Å². The SMILES string of the molecule is COc1cccc(C(=O)N2CC(Oc3ncccc3C#N)C2)c1. The maximum Gasteiger partial charge on any atom is 0.254 e. The van der Waals surface area contributed by atoms with Gasteiger partial charge in [-0.15, -0.1) is 0 Å². The lowest BCUT2D eigenvalue weighted by atomic mass is 10.1. The van der Waals surface area contributed by atoms with Crippen molar-refractivity contribution >= 4 is 5.91 Å². The summed E-state index contributed by atoms with van der Waals surface area (Å²) >= 11 is 0. The molecule has 0 radical (unpaired) electrons. The highest BCUT2D eigenvalue weighted by Gasteiger charge is 2.33. The molecule has 1 aromatic carbocycles. The van der Waals surface area contributed by atoms with E-state index in [1.807, 2.05) is 6.07 Å². The van der Waals surface area contributed by atoms with Crippen LogP contribution in [0, 0.1) is 11.3 Å². The lowest BCUT2D eigenvalue weighted by Gasteiger charge is -2.38. The first kappa shape index (κ1) is 14.9. The number of hydrogen-bond acceptors (Lipinski definition) is 5. The van der Waals surface area contributed by atoms with Gasteiger partial charge in [-0.3, -0.25) is 4.79 Å². The Hall–Kier alpha value is -3.07. The maximum absolute atomic E-state index is 12.4. The third kappa shape index (κ3) is 3.09. The summed E-state index contributed by atoms with van der Waals surface area (Å²) in [5.41, 5.74) is 0.975. The van der Waals surface area contributed by atoms with Gasteiger partial charge in [0, 0.05) is 11.8 Å². The first-order chi connectivity index (χ1) is 11.2. The summed E-state index contributed by atoms with van der Waals surface area (Å²) in [6.07, 6.45) is 1.43. The van der Waals surface area contributed by atoms with E-state index in [2.05, 4.69) is 4.98 Å². The van der Waals surface area contributed by atoms with Crippen LogP contribution in [-0.4, -0.2) is 42.1 Å². The zero-order chi connectivity index (χ0) is 16.2. The van der Waals surface area contributed by atoms with Gasteiger partial charge in [-0.05, 0) is 30.3 Å². The fourth-order valence-corrected chi connectivity index (χ4v) is 2.34. The van der Waals surface area contributed by atoms with E-state index in [1.54, 1.807) is 54.6 Å². The molecule has 0 bridgehead atoms. The minimum Gasteiger partial charge on any atom is -0.497 e. The fraction of sp³-hybridized carbons (Fsp3) is 0.235. The number of carbonyl (C=O) groups is 1. The van der Waals surface area contributed by atoms with Crippen molar-refractivity contribution in [2.24, 2.45) is 0 Å². The molecule has 1 fully saturated rings. The molecule has 0 atom stereocenters. The summed E-state index contributed by atoms with van der Waals surface area (Å²) in [6.45, 7) is 0.939. The molecule has 0 aliphatic carbocycles. The number of methoxy groups -OCH3 is 1. The average molecular weight is 309 g/mol. The molecule has 0 unspecified atom stereocenters. The van der Waals surface area contributed by atoms with E-state index in [0.29, 0.717) is 35.8 Å². The van der Waals surface area contributed by atoms with Crippen LogP contribution >= 0.6 is 0 Å². The topological polar surface area (TPSA) is 75.4 Å². The first-order valence-electron chi connectivity index (χ1n) is 7.16. The minimum atomic E-state index is -0.147. The molecular weight excluding hydrogens is 294 g/mol. The van der Waals surface area contributed by atoms with Gasteiger partial charge in [0.15, 0.2) is 0 Å². The number of ether oxygens (including phenoxy) is 2. The molecular formula is C17H15N3O3. The van der Waals surface area contributed by atoms with Crippen molar-refractivity contribution in [2.45, 2.75) is 6.10 Å². The number of hydrogen-bond donors (Lipinski definition) is 0. The zero-order valence-electron chi connectivity index (χ0n) is 12.6. The molecule has 6 nitrogen and oxygen atoms in total. The van der Waals surface area contributed by atoms with Crippen LogP contribution in [-0.2, 0) is 0 Å². The monoisotopic (exact) mass is 309 g/mol. The predicted molar refractivity (Wildman–Crippen MR) is 82.3 cm³/mol. The molecule has 6 heteroatoms. The Kier molecular flexibility index (Phi) is 4.11. The molecule has 1 aliphatic rings. The molecule has 2 aromatic rings. The highest BCUT2D eigenvalue weighted by Crippen LogP contribution is 2.22. The van der Waals surface area contributed by atoms with Gasteiger partial charge in [-0.2, -0.15) is 5.26 Å². The summed E-state index contributed by atoms with van der Waals surface area (Å²) in [7, 11) is 1.57. The van der Waals surface area contributed by atoms with Crippen LogP contribution in [0.25, 0.3) is 0 Å². The van der Waals surface area contributed by atoms with E-state index in [-0.39, 0.29) is 12.0 Å². The Labute approximate surface area is 133 Å². The average Bonchev–Trinajstić information content (AvgIpc) is 2.57. The van der Waals surface area contributed by atoms with Crippen LogP contribution in [0.4, 0.5) is 0 Å². The van der Waals surface area contributed by atoms with Gasteiger partial charge in [-0.1, -0.05) is 6.07 Å². The standard InChI is InChI=1S/C17H15N3O3/c1-22-14-6-2-4-12(8-14)17(21)20-10-15(11-20)23-16-13(9-18)5-3-7-19-16/h2-8,15H,10-11H2,1H3. The molecule has 23 heavy (non-hydrogen) atoms. The molecule has 1 aromatic heterocycles. The van der Waals surface area contributed by atoms with Crippen molar-refractivity contribution in [3.8, 4) is 17.7 Å². The van der Waals surface area contributed by atoms with E-state index in [0.717, 1.165) is 0 Å². The largest absolute Gasteiger partial charge is 0.497 e. The highest BCUT2D eigenvalue weighted by atomic mass is 16.5. The van der Waals surface area contributed by atoms with Gasteiger partial charge < -0.3 is 14.4 Å². The summed E-state index contributed by atoms with van der Waals surface area (Å²) in [5.74, 6) is 0.898. The summed E-state index contributed by atoms with van der Waals surface area (Å²) in [5, 5.41) is 9.01. The van der Waals surface area contributed by atoms with Crippen molar-refractivity contribution in [1.29, 1.82) is 5.26 Å². The van der Waals surface area contributed by atoms with E-state index < -0.39 is 0 Å². The van der Waals surface area contributed by atoms with Gasteiger partial charge in [0.05, 0.1) is 20.2 Å². The van der Waals surface area contributed by atoms with E-state index in [4.69, 9.17) is 14.7 Å². The Balaban J connectivity index is 1.60. The maximum atomic E-state index is 12.4. The molecule has 0 N–H and O–H groups in total. The number of amides is 1. The first-order valence-corrected chi connectivity index (χ1v) is 7.16. The number of pyridine rings is 1.